The second kappa shape index (κ2) is 4.74. The van der Waals surface area contributed by atoms with Crippen LogP contribution >= 0.6 is 0 Å². The zero-order valence-corrected chi connectivity index (χ0v) is 12.3. The van der Waals surface area contributed by atoms with Crippen molar-refractivity contribution in [1.82, 2.24) is 25.0 Å². The van der Waals surface area contributed by atoms with Gasteiger partial charge in [0.2, 0.25) is 0 Å². The zero-order valence-electron chi connectivity index (χ0n) is 12.3. The van der Waals surface area contributed by atoms with Gasteiger partial charge < -0.3 is 0 Å². The third kappa shape index (κ3) is 1.90. The first-order chi connectivity index (χ1) is 9.61. The van der Waals surface area contributed by atoms with Crippen molar-refractivity contribution < 1.29 is 0 Å². The average molecular weight is 269 g/mol. The highest BCUT2D eigenvalue weighted by Gasteiger charge is 2.17. The molecule has 3 aromatic rings. The van der Waals surface area contributed by atoms with Crippen molar-refractivity contribution in [3.05, 3.63) is 30.0 Å². The maximum atomic E-state index is 4.53. The van der Waals surface area contributed by atoms with Gasteiger partial charge in [0.1, 0.15) is 5.52 Å². The van der Waals surface area contributed by atoms with Crippen molar-refractivity contribution >= 4 is 10.9 Å². The number of hydrogen-bond acceptors (Lipinski definition) is 3. The van der Waals surface area contributed by atoms with E-state index < -0.39 is 0 Å². The second-order valence-corrected chi connectivity index (χ2v) is 5.36. The second-order valence-electron chi connectivity index (χ2n) is 5.36. The molecule has 5 nitrogen and oxygen atoms in total. The molecule has 0 unspecified atom stereocenters. The molecular weight excluding hydrogens is 250 g/mol. The Morgan fingerprint density at radius 3 is 2.70 bits per heavy atom. The van der Waals surface area contributed by atoms with Crippen LogP contribution in [0.5, 0.6) is 0 Å². The predicted octanol–water partition coefficient (Wildman–Crippen LogP) is 3.27. The molecule has 3 rings (SSSR count). The minimum atomic E-state index is 0.391. The Hall–Kier alpha value is -2.17. The van der Waals surface area contributed by atoms with Crippen LogP contribution in [-0.4, -0.2) is 25.0 Å². The minimum Gasteiger partial charge on any atom is -0.281 e. The van der Waals surface area contributed by atoms with Gasteiger partial charge in [-0.3, -0.25) is 14.8 Å². The smallest absolute Gasteiger partial charge is 0.111 e. The Labute approximate surface area is 118 Å². The molecule has 0 aliphatic heterocycles. The number of rotatable bonds is 3. The van der Waals surface area contributed by atoms with Gasteiger partial charge in [-0.25, -0.2) is 0 Å². The monoisotopic (exact) mass is 269 g/mol. The molecule has 5 heteroatoms. The van der Waals surface area contributed by atoms with Crippen LogP contribution in [0.15, 0.2) is 18.6 Å². The van der Waals surface area contributed by atoms with Crippen molar-refractivity contribution in [3.8, 4) is 11.1 Å². The first-order valence-electron chi connectivity index (χ1n) is 6.98. The van der Waals surface area contributed by atoms with Crippen LogP contribution in [0, 0.1) is 6.92 Å². The summed E-state index contributed by atoms with van der Waals surface area (Å²) in [5.74, 6) is 0.391. The summed E-state index contributed by atoms with van der Waals surface area (Å²) in [6, 6.07) is 0. The maximum absolute atomic E-state index is 4.53. The summed E-state index contributed by atoms with van der Waals surface area (Å²) in [6.45, 7) is 9.33. The van der Waals surface area contributed by atoms with Crippen LogP contribution in [-0.2, 0) is 6.54 Å². The SMILES string of the molecule is CCn1cc(-c2cncc3n[nH]c(C(C)C)c23)c(C)n1. The van der Waals surface area contributed by atoms with Gasteiger partial charge in [-0.15, -0.1) is 0 Å². The third-order valence-electron chi connectivity index (χ3n) is 3.63. The third-order valence-corrected chi connectivity index (χ3v) is 3.63. The van der Waals surface area contributed by atoms with E-state index in [1.807, 2.05) is 17.8 Å². The zero-order chi connectivity index (χ0) is 14.3. The van der Waals surface area contributed by atoms with Crippen molar-refractivity contribution in [1.29, 1.82) is 0 Å². The molecule has 0 aromatic carbocycles. The standard InChI is InChI=1S/C15H19N5/c1-5-20-8-12(10(4)19-20)11-6-16-7-13-14(11)15(9(2)3)18-17-13/h6-9H,5H2,1-4H3,(H,17,18). The number of nitrogens with zero attached hydrogens (tertiary/aromatic N) is 4. The van der Waals surface area contributed by atoms with Crippen molar-refractivity contribution in [2.24, 2.45) is 0 Å². The molecule has 20 heavy (non-hydrogen) atoms. The van der Waals surface area contributed by atoms with Crippen LogP contribution in [0.4, 0.5) is 0 Å². The van der Waals surface area contributed by atoms with Gasteiger partial charge in [0.25, 0.3) is 0 Å². The Kier molecular flexibility index (Phi) is 3.04. The highest BCUT2D eigenvalue weighted by Crippen LogP contribution is 2.33. The molecule has 0 saturated carbocycles. The number of aromatic nitrogens is 5. The van der Waals surface area contributed by atoms with Crippen LogP contribution in [0.1, 0.15) is 38.1 Å². The molecule has 0 radical (unpaired) electrons. The molecular formula is C15H19N5. The Morgan fingerprint density at radius 1 is 1.25 bits per heavy atom. The van der Waals surface area contributed by atoms with Gasteiger partial charge in [0.05, 0.1) is 11.9 Å². The summed E-state index contributed by atoms with van der Waals surface area (Å²) < 4.78 is 1.96. The van der Waals surface area contributed by atoms with E-state index in [0.29, 0.717) is 5.92 Å². The molecule has 0 fully saturated rings. The summed E-state index contributed by atoms with van der Waals surface area (Å²) in [6.07, 6.45) is 5.80. The van der Waals surface area contributed by atoms with E-state index in [4.69, 9.17) is 0 Å². The lowest BCUT2D eigenvalue weighted by atomic mass is 9.99. The van der Waals surface area contributed by atoms with Gasteiger partial charge in [-0.1, -0.05) is 13.8 Å². The number of nitrogens with one attached hydrogen (secondary N) is 1. The van der Waals surface area contributed by atoms with Crippen LogP contribution in [0.3, 0.4) is 0 Å². The van der Waals surface area contributed by atoms with E-state index >= 15 is 0 Å². The fourth-order valence-electron chi connectivity index (χ4n) is 2.56. The molecule has 3 aromatic heterocycles. The topological polar surface area (TPSA) is 59.4 Å². The number of fused-ring (bicyclic) bond motifs is 1. The Balaban J connectivity index is 2.29. The lowest BCUT2D eigenvalue weighted by Crippen LogP contribution is -1.93. The maximum Gasteiger partial charge on any atom is 0.111 e. The number of pyridine rings is 1. The van der Waals surface area contributed by atoms with Crippen LogP contribution < -0.4 is 0 Å². The first-order valence-corrected chi connectivity index (χ1v) is 6.98. The quantitative estimate of drug-likeness (QED) is 0.793. The summed E-state index contributed by atoms with van der Waals surface area (Å²) in [5, 5.41) is 13.2. The van der Waals surface area contributed by atoms with Gasteiger partial charge in [0, 0.05) is 41.1 Å². The van der Waals surface area contributed by atoms with Crippen molar-refractivity contribution in [2.45, 2.75) is 40.2 Å². The average Bonchev–Trinajstić information content (AvgIpc) is 3.01. The van der Waals surface area contributed by atoms with Gasteiger partial charge >= 0.3 is 0 Å². The molecule has 3 heterocycles. The van der Waals surface area contributed by atoms with E-state index in [2.05, 4.69) is 47.2 Å². The number of H-pyrrole nitrogens is 1. The first kappa shape index (κ1) is 12.8. The summed E-state index contributed by atoms with van der Waals surface area (Å²) in [4.78, 5) is 4.32. The van der Waals surface area contributed by atoms with Gasteiger partial charge in [0.15, 0.2) is 0 Å². The highest BCUT2D eigenvalue weighted by atomic mass is 15.3. The number of aryl methyl sites for hydroxylation is 2. The van der Waals surface area contributed by atoms with Gasteiger partial charge in [-0.2, -0.15) is 10.2 Å². The molecule has 0 atom stereocenters. The number of hydrogen-bond donors (Lipinski definition) is 1. The van der Waals surface area contributed by atoms with E-state index in [1.165, 1.54) is 0 Å². The lowest BCUT2D eigenvalue weighted by Gasteiger charge is -2.06. The molecule has 0 bridgehead atoms. The summed E-state index contributed by atoms with van der Waals surface area (Å²) in [5.41, 5.74) is 5.33. The fraction of sp³-hybridized carbons (Fsp3) is 0.400. The molecule has 104 valence electrons. The van der Waals surface area contributed by atoms with Gasteiger partial charge in [-0.05, 0) is 19.8 Å². The predicted molar refractivity (Wildman–Crippen MR) is 79.6 cm³/mol. The van der Waals surface area contributed by atoms with E-state index in [-0.39, 0.29) is 0 Å². The Morgan fingerprint density at radius 2 is 2.05 bits per heavy atom. The van der Waals surface area contributed by atoms with Crippen molar-refractivity contribution in [2.75, 3.05) is 0 Å². The minimum absolute atomic E-state index is 0.391. The van der Waals surface area contributed by atoms with Crippen LogP contribution in [0.2, 0.25) is 0 Å². The number of aromatic amines is 1. The summed E-state index contributed by atoms with van der Waals surface area (Å²) in [7, 11) is 0. The summed E-state index contributed by atoms with van der Waals surface area (Å²) >= 11 is 0. The van der Waals surface area contributed by atoms with Crippen LogP contribution in [0.25, 0.3) is 22.0 Å². The highest BCUT2D eigenvalue weighted by molar-refractivity contribution is 5.96. The molecule has 1 N–H and O–H groups in total. The van der Waals surface area contributed by atoms with E-state index in [1.54, 1.807) is 6.20 Å². The molecule has 0 spiro atoms. The normalized spacial score (nSPS) is 11.7. The molecule has 0 saturated heterocycles. The molecule has 0 aliphatic carbocycles. The molecule has 0 amide bonds. The Bertz CT molecular complexity index is 751. The van der Waals surface area contributed by atoms with Crippen molar-refractivity contribution in [3.63, 3.8) is 0 Å². The fourth-order valence-corrected chi connectivity index (χ4v) is 2.56. The largest absolute Gasteiger partial charge is 0.281 e. The lowest BCUT2D eigenvalue weighted by molar-refractivity contribution is 0.653. The van der Waals surface area contributed by atoms with E-state index in [0.717, 1.165) is 40.0 Å². The molecule has 0 aliphatic rings. The van der Waals surface area contributed by atoms with E-state index in [9.17, 15) is 0 Å².